The zero-order valence-electron chi connectivity index (χ0n) is 10.4. The van der Waals surface area contributed by atoms with Crippen LogP contribution in [0.3, 0.4) is 0 Å². The van der Waals surface area contributed by atoms with Crippen LogP contribution < -0.4 is 5.73 Å². The highest BCUT2D eigenvalue weighted by Gasteiger charge is 2.18. The minimum atomic E-state index is -0.0406. The van der Waals surface area contributed by atoms with E-state index in [1.807, 2.05) is 18.2 Å². The molecule has 0 aliphatic heterocycles. The van der Waals surface area contributed by atoms with E-state index in [0.29, 0.717) is 10.9 Å². The molecule has 92 valence electrons. The molecule has 3 nitrogen and oxygen atoms in total. The largest absolute Gasteiger partial charge is 0.327 e. The van der Waals surface area contributed by atoms with Gasteiger partial charge >= 0.3 is 0 Å². The molecular formula is C13H18ClN3. The zero-order valence-corrected chi connectivity index (χ0v) is 11.2. The Balaban J connectivity index is 2.63. The Kier molecular flexibility index (Phi) is 3.40. The van der Waals surface area contributed by atoms with Crippen molar-refractivity contribution < 1.29 is 0 Å². The van der Waals surface area contributed by atoms with Crippen LogP contribution in [0.5, 0.6) is 0 Å². The lowest BCUT2D eigenvalue weighted by atomic mass is 10.1. The number of benzene rings is 1. The molecule has 4 heteroatoms. The van der Waals surface area contributed by atoms with Crippen molar-refractivity contribution in [1.29, 1.82) is 0 Å². The first-order valence-electron chi connectivity index (χ1n) is 5.95. The maximum absolute atomic E-state index is 6.20. The van der Waals surface area contributed by atoms with E-state index in [2.05, 4.69) is 30.3 Å². The fourth-order valence-corrected chi connectivity index (χ4v) is 2.17. The van der Waals surface area contributed by atoms with Gasteiger partial charge in [-0.05, 0) is 31.0 Å². The molecule has 2 rings (SSSR count). The minimum absolute atomic E-state index is 0.0406. The molecule has 17 heavy (non-hydrogen) atoms. The summed E-state index contributed by atoms with van der Waals surface area (Å²) in [5.41, 5.74) is 8.22. The lowest BCUT2D eigenvalue weighted by Crippen LogP contribution is -2.21. The summed E-state index contributed by atoms with van der Waals surface area (Å²) in [6, 6.07) is 5.74. The van der Waals surface area contributed by atoms with Crippen molar-refractivity contribution in [2.24, 2.45) is 11.7 Å². The molecule has 0 fully saturated rings. The predicted molar refractivity (Wildman–Crippen MR) is 72.2 cm³/mol. The van der Waals surface area contributed by atoms with E-state index in [9.17, 15) is 0 Å². The van der Waals surface area contributed by atoms with Crippen LogP contribution in [0.15, 0.2) is 18.2 Å². The van der Waals surface area contributed by atoms with E-state index >= 15 is 0 Å². The fourth-order valence-electron chi connectivity index (χ4n) is 2.01. The molecule has 0 saturated carbocycles. The highest BCUT2D eigenvalue weighted by Crippen LogP contribution is 2.25. The lowest BCUT2D eigenvalue weighted by molar-refractivity contribution is 0.472. The van der Waals surface area contributed by atoms with Crippen LogP contribution >= 0.6 is 11.6 Å². The van der Waals surface area contributed by atoms with Gasteiger partial charge in [0.15, 0.2) is 0 Å². The van der Waals surface area contributed by atoms with Crippen LogP contribution in [0.1, 0.15) is 32.6 Å². The second kappa shape index (κ2) is 4.67. The normalized spacial score (nSPS) is 13.5. The molecule has 0 spiro atoms. The van der Waals surface area contributed by atoms with Crippen molar-refractivity contribution >= 4 is 22.6 Å². The zero-order chi connectivity index (χ0) is 12.6. The van der Waals surface area contributed by atoms with Crippen LogP contribution in [0, 0.1) is 5.92 Å². The molecule has 0 saturated heterocycles. The van der Waals surface area contributed by atoms with Gasteiger partial charge in [0.2, 0.25) is 0 Å². The lowest BCUT2D eigenvalue weighted by Gasteiger charge is -2.16. The first-order valence-corrected chi connectivity index (χ1v) is 6.33. The van der Waals surface area contributed by atoms with Crippen LogP contribution in [0.2, 0.25) is 5.02 Å². The molecule has 1 unspecified atom stereocenters. The Bertz CT molecular complexity index is 531. The molecule has 2 N–H and O–H groups in total. The first-order chi connectivity index (χ1) is 8.04. The van der Waals surface area contributed by atoms with Gasteiger partial charge in [0.05, 0.1) is 17.1 Å². The van der Waals surface area contributed by atoms with E-state index in [4.69, 9.17) is 17.3 Å². The molecule has 1 atom stereocenters. The van der Waals surface area contributed by atoms with Crippen molar-refractivity contribution in [3.63, 3.8) is 0 Å². The number of imidazole rings is 1. The van der Waals surface area contributed by atoms with E-state index < -0.39 is 0 Å². The second-order valence-electron chi connectivity index (χ2n) is 4.62. The van der Waals surface area contributed by atoms with Gasteiger partial charge in [-0.2, -0.15) is 0 Å². The molecule has 0 bridgehead atoms. The maximum Gasteiger partial charge on any atom is 0.127 e. The predicted octanol–water partition coefficient (Wildman–Crippen LogP) is 3.37. The number of halogens is 1. The summed E-state index contributed by atoms with van der Waals surface area (Å²) in [7, 11) is 0. The van der Waals surface area contributed by atoms with Gasteiger partial charge < -0.3 is 10.3 Å². The van der Waals surface area contributed by atoms with Gasteiger partial charge in [0.25, 0.3) is 0 Å². The number of fused-ring (bicyclic) bond motifs is 1. The third-order valence-electron chi connectivity index (χ3n) is 3.07. The number of rotatable bonds is 3. The van der Waals surface area contributed by atoms with Gasteiger partial charge in [-0.3, -0.25) is 0 Å². The van der Waals surface area contributed by atoms with Gasteiger partial charge in [-0.25, -0.2) is 4.98 Å². The summed E-state index contributed by atoms with van der Waals surface area (Å²) in [5.74, 6) is 1.31. The van der Waals surface area contributed by atoms with Crippen molar-refractivity contribution in [2.45, 2.75) is 33.4 Å². The third-order valence-corrected chi connectivity index (χ3v) is 3.31. The highest BCUT2D eigenvalue weighted by atomic mass is 35.5. The third kappa shape index (κ3) is 2.17. The number of hydrogen-bond acceptors (Lipinski definition) is 2. The van der Waals surface area contributed by atoms with Crippen molar-refractivity contribution in [3.8, 4) is 0 Å². The van der Waals surface area contributed by atoms with Gasteiger partial charge in [-0.1, -0.05) is 25.4 Å². The Morgan fingerprint density at radius 1 is 1.41 bits per heavy atom. The minimum Gasteiger partial charge on any atom is -0.327 e. The first kappa shape index (κ1) is 12.4. The van der Waals surface area contributed by atoms with Crippen LogP contribution in [0.25, 0.3) is 11.0 Å². The summed E-state index contributed by atoms with van der Waals surface area (Å²) < 4.78 is 2.16. The molecule has 0 aliphatic rings. The fraction of sp³-hybridized carbons (Fsp3) is 0.462. The average Bonchev–Trinajstić information content (AvgIpc) is 2.64. The molecule has 0 radical (unpaired) electrons. The molecular weight excluding hydrogens is 234 g/mol. The Labute approximate surface area is 107 Å². The number of aromatic nitrogens is 2. The summed E-state index contributed by atoms with van der Waals surface area (Å²) >= 11 is 5.99. The Morgan fingerprint density at radius 3 is 2.71 bits per heavy atom. The van der Waals surface area contributed by atoms with Crippen LogP contribution in [-0.4, -0.2) is 9.55 Å². The summed E-state index contributed by atoms with van der Waals surface area (Å²) in [6.45, 7) is 7.19. The molecule has 1 heterocycles. The molecule has 0 aliphatic carbocycles. The Hall–Kier alpha value is -1.06. The van der Waals surface area contributed by atoms with E-state index in [1.165, 1.54) is 0 Å². The van der Waals surface area contributed by atoms with Crippen molar-refractivity contribution in [1.82, 2.24) is 9.55 Å². The monoisotopic (exact) mass is 251 g/mol. The Morgan fingerprint density at radius 2 is 2.12 bits per heavy atom. The molecule has 1 aromatic heterocycles. The average molecular weight is 252 g/mol. The smallest absolute Gasteiger partial charge is 0.127 e. The van der Waals surface area contributed by atoms with E-state index in [0.717, 1.165) is 23.4 Å². The molecule has 0 amide bonds. The molecule has 2 aromatic rings. The van der Waals surface area contributed by atoms with E-state index in [1.54, 1.807) is 0 Å². The number of nitrogens with zero attached hydrogens (tertiary/aromatic N) is 2. The highest BCUT2D eigenvalue weighted by molar-refractivity contribution is 6.31. The van der Waals surface area contributed by atoms with Crippen LogP contribution in [0.4, 0.5) is 0 Å². The standard InChI is InChI=1S/C13H18ClN3/c1-4-17-11-6-5-9(14)7-10(11)16-13(17)12(15)8(2)3/h5-8,12H,4,15H2,1-3H3. The maximum atomic E-state index is 6.20. The van der Waals surface area contributed by atoms with Gasteiger partial charge in [0, 0.05) is 11.6 Å². The van der Waals surface area contributed by atoms with Crippen molar-refractivity contribution in [3.05, 3.63) is 29.0 Å². The number of nitrogens with two attached hydrogens (primary N) is 1. The topological polar surface area (TPSA) is 43.8 Å². The SMILES string of the molecule is CCn1c(C(N)C(C)C)nc2cc(Cl)ccc21. The summed E-state index contributed by atoms with van der Waals surface area (Å²) in [4.78, 5) is 4.62. The number of aryl methyl sites for hydroxylation is 1. The quantitative estimate of drug-likeness (QED) is 0.909. The summed E-state index contributed by atoms with van der Waals surface area (Å²) in [6.07, 6.45) is 0. The van der Waals surface area contributed by atoms with Gasteiger partial charge in [-0.15, -0.1) is 0 Å². The van der Waals surface area contributed by atoms with E-state index in [-0.39, 0.29) is 6.04 Å². The molecule has 1 aromatic carbocycles. The van der Waals surface area contributed by atoms with Crippen molar-refractivity contribution in [2.75, 3.05) is 0 Å². The van der Waals surface area contributed by atoms with Gasteiger partial charge in [0.1, 0.15) is 5.82 Å². The second-order valence-corrected chi connectivity index (χ2v) is 5.05. The van der Waals surface area contributed by atoms with Crippen LogP contribution in [-0.2, 0) is 6.54 Å². The summed E-state index contributed by atoms with van der Waals surface area (Å²) in [5, 5.41) is 0.711. The number of hydrogen-bond donors (Lipinski definition) is 1.